The number of benzene rings is 1. The SMILES string of the molecule is O=C(c1cc(Cl)ccc1F)N1CC2CCC(O)C2C1. The van der Waals surface area contributed by atoms with E-state index in [1.165, 1.54) is 18.2 Å². The first kappa shape index (κ1) is 12.9. The smallest absolute Gasteiger partial charge is 0.256 e. The van der Waals surface area contributed by atoms with Gasteiger partial charge >= 0.3 is 0 Å². The van der Waals surface area contributed by atoms with E-state index < -0.39 is 5.82 Å². The lowest BCUT2D eigenvalue weighted by Crippen LogP contribution is -2.31. The van der Waals surface area contributed by atoms with Crippen LogP contribution < -0.4 is 0 Å². The Bertz CT molecular complexity index is 522. The first-order chi connectivity index (χ1) is 9.06. The van der Waals surface area contributed by atoms with Crippen LogP contribution in [0.5, 0.6) is 0 Å². The molecule has 1 aromatic rings. The maximum absolute atomic E-state index is 13.7. The summed E-state index contributed by atoms with van der Waals surface area (Å²) in [5.41, 5.74) is 0.0157. The van der Waals surface area contributed by atoms with E-state index in [2.05, 4.69) is 0 Å². The summed E-state index contributed by atoms with van der Waals surface area (Å²) in [4.78, 5) is 13.9. The van der Waals surface area contributed by atoms with Gasteiger partial charge < -0.3 is 10.0 Å². The molecule has 0 bridgehead atoms. The lowest BCUT2D eigenvalue weighted by atomic mass is 10.00. The van der Waals surface area contributed by atoms with Gasteiger partial charge in [-0.05, 0) is 37.0 Å². The molecule has 2 fully saturated rings. The number of carbonyl (C=O) groups is 1. The maximum atomic E-state index is 13.7. The van der Waals surface area contributed by atoms with E-state index in [1.807, 2.05) is 0 Å². The fourth-order valence-electron chi connectivity index (χ4n) is 3.23. The molecule has 102 valence electrons. The minimum atomic E-state index is -0.549. The molecule has 5 heteroatoms. The van der Waals surface area contributed by atoms with Crippen molar-refractivity contribution in [3.8, 4) is 0 Å². The second-order valence-corrected chi connectivity index (χ2v) is 5.84. The third kappa shape index (κ3) is 2.23. The standard InChI is InChI=1S/C14H15ClFNO2/c15-9-2-3-12(16)10(5-9)14(19)17-6-8-1-4-13(18)11(8)7-17/h2-3,5,8,11,13,18H,1,4,6-7H2. The molecular weight excluding hydrogens is 269 g/mol. The van der Waals surface area contributed by atoms with Crippen LogP contribution in [0.15, 0.2) is 18.2 Å². The van der Waals surface area contributed by atoms with Gasteiger partial charge in [-0.15, -0.1) is 0 Å². The van der Waals surface area contributed by atoms with Crippen molar-refractivity contribution in [2.24, 2.45) is 11.8 Å². The lowest BCUT2D eigenvalue weighted by Gasteiger charge is -2.18. The third-order valence-corrected chi connectivity index (χ3v) is 4.50. The predicted molar refractivity (Wildman–Crippen MR) is 69.5 cm³/mol. The normalized spacial score (nSPS) is 29.6. The molecule has 0 aromatic heterocycles. The molecule has 3 nitrogen and oxygen atoms in total. The van der Waals surface area contributed by atoms with Gasteiger partial charge in [-0.25, -0.2) is 4.39 Å². The molecule has 1 aliphatic carbocycles. The van der Waals surface area contributed by atoms with Crippen LogP contribution in [0, 0.1) is 17.7 Å². The van der Waals surface area contributed by atoms with Crippen molar-refractivity contribution >= 4 is 17.5 Å². The number of nitrogens with zero attached hydrogens (tertiary/aromatic N) is 1. The Balaban J connectivity index is 1.80. The Morgan fingerprint density at radius 2 is 2.16 bits per heavy atom. The summed E-state index contributed by atoms with van der Waals surface area (Å²) in [7, 11) is 0. The van der Waals surface area contributed by atoms with Crippen molar-refractivity contribution in [1.29, 1.82) is 0 Å². The molecule has 0 spiro atoms. The van der Waals surface area contributed by atoms with E-state index in [0.717, 1.165) is 12.8 Å². The Morgan fingerprint density at radius 3 is 2.89 bits per heavy atom. The van der Waals surface area contributed by atoms with Crippen LogP contribution in [-0.2, 0) is 0 Å². The van der Waals surface area contributed by atoms with Gasteiger partial charge in [0.2, 0.25) is 0 Å². The summed E-state index contributed by atoms with van der Waals surface area (Å²) in [6.07, 6.45) is 1.42. The monoisotopic (exact) mass is 283 g/mol. The molecule has 1 saturated carbocycles. The number of carbonyl (C=O) groups excluding carboxylic acids is 1. The van der Waals surface area contributed by atoms with Crippen LogP contribution in [0.25, 0.3) is 0 Å². The van der Waals surface area contributed by atoms with E-state index in [-0.39, 0.29) is 23.5 Å². The minimum absolute atomic E-state index is 0.0157. The summed E-state index contributed by atoms with van der Waals surface area (Å²) in [5, 5.41) is 10.2. The van der Waals surface area contributed by atoms with E-state index in [0.29, 0.717) is 24.0 Å². The summed E-state index contributed by atoms with van der Waals surface area (Å²) in [6, 6.07) is 4.00. The first-order valence-corrected chi connectivity index (χ1v) is 6.86. The fourth-order valence-corrected chi connectivity index (χ4v) is 3.41. The van der Waals surface area contributed by atoms with Gasteiger partial charge in [0.25, 0.3) is 5.91 Å². The van der Waals surface area contributed by atoms with Crippen LogP contribution in [0.2, 0.25) is 5.02 Å². The van der Waals surface area contributed by atoms with Gasteiger partial charge in [-0.3, -0.25) is 4.79 Å². The Morgan fingerprint density at radius 1 is 1.37 bits per heavy atom. The van der Waals surface area contributed by atoms with Crippen molar-refractivity contribution in [3.05, 3.63) is 34.6 Å². The van der Waals surface area contributed by atoms with Crippen LogP contribution in [0.1, 0.15) is 23.2 Å². The average molecular weight is 284 g/mol. The summed E-state index contributed by atoms with van der Waals surface area (Å²) >= 11 is 5.81. The number of hydrogen-bond donors (Lipinski definition) is 1. The van der Waals surface area contributed by atoms with Crippen molar-refractivity contribution < 1.29 is 14.3 Å². The van der Waals surface area contributed by atoms with E-state index in [4.69, 9.17) is 11.6 Å². The molecule has 19 heavy (non-hydrogen) atoms. The van der Waals surface area contributed by atoms with Gasteiger partial charge in [0, 0.05) is 24.0 Å². The highest BCUT2D eigenvalue weighted by molar-refractivity contribution is 6.31. The molecule has 3 atom stereocenters. The number of aliphatic hydroxyl groups is 1. The van der Waals surface area contributed by atoms with Gasteiger partial charge in [0.05, 0.1) is 11.7 Å². The molecule has 1 N–H and O–H groups in total. The van der Waals surface area contributed by atoms with Crippen LogP contribution in [0.3, 0.4) is 0 Å². The van der Waals surface area contributed by atoms with Gasteiger partial charge in [-0.2, -0.15) is 0 Å². The molecule has 2 aliphatic rings. The third-order valence-electron chi connectivity index (χ3n) is 4.27. The first-order valence-electron chi connectivity index (χ1n) is 6.48. The minimum Gasteiger partial charge on any atom is -0.393 e. The quantitative estimate of drug-likeness (QED) is 0.859. The zero-order chi connectivity index (χ0) is 13.6. The van der Waals surface area contributed by atoms with Gasteiger partial charge in [-0.1, -0.05) is 11.6 Å². The Hall–Kier alpha value is -1.13. The summed E-state index contributed by atoms with van der Waals surface area (Å²) < 4.78 is 13.7. The molecule has 0 radical (unpaired) electrons. The van der Waals surface area contributed by atoms with E-state index >= 15 is 0 Å². The van der Waals surface area contributed by atoms with Gasteiger partial charge in [0.15, 0.2) is 0 Å². The van der Waals surface area contributed by atoms with Crippen LogP contribution in [-0.4, -0.2) is 35.1 Å². The van der Waals surface area contributed by atoms with Crippen molar-refractivity contribution in [2.75, 3.05) is 13.1 Å². The van der Waals surface area contributed by atoms with Gasteiger partial charge in [0.1, 0.15) is 5.82 Å². The van der Waals surface area contributed by atoms with Crippen molar-refractivity contribution in [3.63, 3.8) is 0 Å². The summed E-state index contributed by atoms with van der Waals surface area (Å²) in [6.45, 7) is 1.11. The number of aliphatic hydroxyl groups excluding tert-OH is 1. The number of amides is 1. The maximum Gasteiger partial charge on any atom is 0.256 e. The Kier molecular flexibility index (Phi) is 3.23. The topological polar surface area (TPSA) is 40.5 Å². The van der Waals surface area contributed by atoms with Crippen LogP contribution >= 0.6 is 11.6 Å². The summed E-state index contributed by atoms with van der Waals surface area (Å²) in [5.74, 6) is -0.388. The highest BCUT2D eigenvalue weighted by Gasteiger charge is 2.43. The predicted octanol–water partition coefficient (Wildman–Crippen LogP) is 2.32. The zero-order valence-electron chi connectivity index (χ0n) is 10.4. The second kappa shape index (κ2) is 4.76. The number of fused-ring (bicyclic) bond motifs is 1. The highest BCUT2D eigenvalue weighted by Crippen LogP contribution is 2.38. The van der Waals surface area contributed by atoms with Crippen LogP contribution in [0.4, 0.5) is 4.39 Å². The molecule has 3 rings (SSSR count). The Labute approximate surface area is 116 Å². The number of hydrogen-bond acceptors (Lipinski definition) is 2. The molecule has 1 aliphatic heterocycles. The highest BCUT2D eigenvalue weighted by atomic mass is 35.5. The van der Waals surface area contributed by atoms with Crippen molar-refractivity contribution in [2.45, 2.75) is 18.9 Å². The lowest BCUT2D eigenvalue weighted by molar-refractivity contribution is 0.0748. The molecule has 1 aromatic carbocycles. The zero-order valence-corrected chi connectivity index (χ0v) is 11.1. The number of likely N-dealkylation sites (tertiary alicyclic amines) is 1. The number of halogens is 2. The average Bonchev–Trinajstić information content (AvgIpc) is 2.94. The largest absolute Gasteiger partial charge is 0.393 e. The number of rotatable bonds is 1. The molecule has 1 saturated heterocycles. The fraction of sp³-hybridized carbons (Fsp3) is 0.500. The molecule has 1 heterocycles. The van der Waals surface area contributed by atoms with Crippen molar-refractivity contribution in [1.82, 2.24) is 4.90 Å². The van der Waals surface area contributed by atoms with E-state index in [9.17, 15) is 14.3 Å². The van der Waals surface area contributed by atoms with E-state index in [1.54, 1.807) is 4.90 Å². The molecular formula is C14H15ClFNO2. The second-order valence-electron chi connectivity index (χ2n) is 5.40. The molecule has 1 amide bonds. The molecule has 3 unspecified atom stereocenters.